The van der Waals surface area contributed by atoms with Crippen LogP contribution in [0.25, 0.3) is 0 Å². The predicted molar refractivity (Wildman–Crippen MR) is 264 cm³/mol. The molecule has 0 fully saturated rings. The van der Waals surface area contributed by atoms with Gasteiger partial charge in [-0.25, -0.2) is 0 Å². The number of ether oxygens (including phenoxy) is 3. The number of hydrogen-bond donors (Lipinski definition) is 0. The molecule has 0 spiro atoms. The van der Waals surface area contributed by atoms with Crippen LogP contribution in [0.5, 0.6) is 0 Å². The summed E-state index contributed by atoms with van der Waals surface area (Å²) in [6, 6.07) is 0. The van der Waals surface area contributed by atoms with Crippen molar-refractivity contribution in [1.29, 1.82) is 0 Å². The van der Waals surface area contributed by atoms with Crippen molar-refractivity contribution in [3.63, 3.8) is 0 Å². The standard InChI is InChI=1S/3C18H32O4.Al/c3*1-2-3-4-5-6-7-8-9-10-11-12-13-16-22-18(21)15-14-17(19)20;/h3*13,16H,2-12,14-15H2,1H3,(H,19,20);/q;;;+3/p-3. The zero-order valence-corrected chi connectivity index (χ0v) is 43.7. The van der Waals surface area contributed by atoms with Crippen molar-refractivity contribution in [3.05, 3.63) is 37.0 Å². The van der Waals surface area contributed by atoms with E-state index in [4.69, 9.17) is 14.2 Å². The SMILES string of the molecule is CCCCCCCCCCCCC=COC(=O)CCC(=O)[O-].CCCCCCCCCCCCC=COC(=O)CCC(=O)[O-].CCCCCCCCCCCCC=COC(=O)CCC(=O)[O-].[Al+3]. The van der Waals surface area contributed by atoms with Gasteiger partial charge in [-0.05, 0) is 76.0 Å². The molecule has 0 saturated heterocycles. The number of carbonyl (C=O) groups excluding carboxylic acids is 6. The van der Waals surface area contributed by atoms with Crippen LogP contribution in [0.15, 0.2) is 37.0 Å². The molecule has 0 radical (unpaired) electrons. The van der Waals surface area contributed by atoms with Gasteiger partial charge in [0, 0.05) is 17.9 Å². The van der Waals surface area contributed by atoms with Gasteiger partial charge in [0.05, 0.1) is 38.0 Å². The molecule has 0 bridgehead atoms. The molecule has 0 aliphatic carbocycles. The van der Waals surface area contributed by atoms with Crippen LogP contribution >= 0.6 is 0 Å². The third-order valence-electron chi connectivity index (χ3n) is 10.7. The van der Waals surface area contributed by atoms with Crippen LogP contribution in [0.1, 0.15) is 271 Å². The van der Waals surface area contributed by atoms with Gasteiger partial charge in [-0.15, -0.1) is 0 Å². The zero-order valence-electron chi connectivity index (χ0n) is 42.5. The molecule has 0 rings (SSSR count). The molecule has 384 valence electrons. The molecule has 12 nitrogen and oxygen atoms in total. The number of carbonyl (C=O) groups is 6. The molecule has 0 aliphatic heterocycles. The van der Waals surface area contributed by atoms with Gasteiger partial charge in [0.2, 0.25) is 0 Å². The number of unbranched alkanes of at least 4 members (excludes halogenated alkanes) is 30. The fraction of sp³-hybridized carbons (Fsp3) is 0.778. The summed E-state index contributed by atoms with van der Waals surface area (Å²) in [6.45, 7) is 6.72. The summed E-state index contributed by atoms with van der Waals surface area (Å²) in [4.78, 5) is 63.7. The van der Waals surface area contributed by atoms with Crippen molar-refractivity contribution in [2.45, 2.75) is 271 Å². The van der Waals surface area contributed by atoms with E-state index >= 15 is 0 Å². The fourth-order valence-electron chi connectivity index (χ4n) is 6.61. The smallest absolute Gasteiger partial charge is 0.550 e. The van der Waals surface area contributed by atoms with Crippen LogP contribution in [0.2, 0.25) is 0 Å². The first-order chi connectivity index (χ1) is 32.0. The van der Waals surface area contributed by atoms with Gasteiger partial charge < -0.3 is 43.9 Å². The summed E-state index contributed by atoms with van der Waals surface area (Å²) in [5, 5.41) is 30.5. The zero-order chi connectivity index (χ0) is 49.4. The van der Waals surface area contributed by atoms with Crippen molar-refractivity contribution < 1.29 is 58.3 Å². The molecule has 0 aromatic carbocycles. The van der Waals surface area contributed by atoms with Crippen LogP contribution in [0, 0.1) is 0 Å². The van der Waals surface area contributed by atoms with E-state index in [0.717, 1.165) is 38.5 Å². The number of hydrogen-bond acceptors (Lipinski definition) is 12. The van der Waals surface area contributed by atoms with Crippen molar-refractivity contribution in [2.24, 2.45) is 0 Å². The molecule has 0 aromatic heterocycles. The Balaban J connectivity index is -0.000000441. The normalized spacial score (nSPS) is 10.8. The largest absolute Gasteiger partial charge is 3.00 e. The first-order valence-electron chi connectivity index (χ1n) is 26.1. The Morgan fingerprint density at radius 2 is 0.478 bits per heavy atom. The molecular formula is C54H93AlO12. The van der Waals surface area contributed by atoms with Gasteiger partial charge in [-0.3, -0.25) is 14.4 Å². The van der Waals surface area contributed by atoms with E-state index in [0.29, 0.717) is 0 Å². The summed E-state index contributed by atoms with van der Waals surface area (Å²) in [5.41, 5.74) is 0. The van der Waals surface area contributed by atoms with Crippen LogP contribution in [0.4, 0.5) is 0 Å². The van der Waals surface area contributed by atoms with Gasteiger partial charge in [0.1, 0.15) is 0 Å². The van der Waals surface area contributed by atoms with Gasteiger partial charge in [0.15, 0.2) is 0 Å². The molecule has 0 atom stereocenters. The minimum absolute atomic E-state index is 0. The second-order valence-corrected chi connectivity index (χ2v) is 17.1. The van der Waals surface area contributed by atoms with Crippen molar-refractivity contribution in [1.82, 2.24) is 0 Å². The van der Waals surface area contributed by atoms with Crippen molar-refractivity contribution in [2.75, 3.05) is 0 Å². The first kappa shape index (κ1) is 70.1. The number of carboxylic acids is 3. The van der Waals surface area contributed by atoms with Crippen molar-refractivity contribution in [3.8, 4) is 0 Å². The fourth-order valence-corrected chi connectivity index (χ4v) is 6.61. The second kappa shape index (κ2) is 60.6. The molecule has 0 N–H and O–H groups in total. The molecule has 0 saturated carbocycles. The molecule has 13 heteroatoms. The van der Waals surface area contributed by atoms with E-state index in [1.165, 1.54) is 192 Å². The van der Waals surface area contributed by atoms with E-state index in [1.807, 2.05) is 18.2 Å². The Morgan fingerprint density at radius 1 is 0.299 bits per heavy atom. The summed E-state index contributed by atoms with van der Waals surface area (Å²) in [7, 11) is 0. The monoisotopic (exact) mass is 961 g/mol. The Bertz CT molecular complexity index is 1090. The first-order valence-corrected chi connectivity index (χ1v) is 26.1. The van der Waals surface area contributed by atoms with Crippen LogP contribution in [-0.4, -0.2) is 53.2 Å². The minimum atomic E-state index is -1.23. The van der Waals surface area contributed by atoms with E-state index in [9.17, 15) is 44.1 Å². The molecule has 0 aliphatic rings. The average molecular weight is 961 g/mol. The maximum Gasteiger partial charge on any atom is 3.00 e. The molecule has 0 aromatic rings. The summed E-state index contributed by atoms with van der Waals surface area (Å²) in [6.07, 6.45) is 50.0. The maximum absolute atomic E-state index is 11.1. The third-order valence-corrected chi connectivity index (χ3v) is 10.7. The van der Waals surface area contributed by atoms with Gasteiger partial charge in [-0.1, -0.05) is 194 Å². The Hall–Kier alpha value is -3.43. The number of allylic oxidation sites excluding steroid dienone is 3. The summed E-state index contributed by atoms with van der Waals surface area (Å²) in [5.74, 6) is -5.26. The van der Waals surface area contributed by atoms with Crippen LogP contribution in [-0.2, 0) is 43.0 Å². The van der Waals surface area contributed by atoms with Gasteiger partial charge >= 0.3 is 35.3 Å². The van der Waals surface area contributed by atoms with E-state index < -0.39 is 35.8 Å². The molecule has 67 heavy (non-hydrogen) atoms. The van der Waals surface area contributed by atoms with E-state index in [2.05, 4.69) is 20.8 Å². The van der Waals surface area contributed by atoms with Gasteiger partial charge in [0.25, 0.3) is 0 Å². The molecule has 0 unspecified atom stereocenters. The number of aliphatic carboxylic acids is 3. The predicted octanol–water partition coefficient (Wildman–Crippen LogP) is 11.3. The van der Waals surface area contributed by atoms with E-state index in [1.54, 1.807) is 0 Å². The third kappa shape index (κ3) is 71.7. The minimum Gasteiger partial charge on any atom is -0.550 e. The maximum atomic E-state index is 11.1. The summed E-state index contributed by atoms with van der Waals surface area (Å²) >= 11 is 0. The number of carboxylic acid groups (broad SMARTS) is 3. The average Bonchev–Trinajstić information content (AvgIpc) is 3.29. The Labute approximate surface area is 418 Å². The topological polar surface area (TPSA) is 199 Å². The summed E-state index contributed by atoms with van der Waals surface area (Å²) < 4.78 is 14.3. The quantitative estimate of drug-likeness (QED) is 0.0184. The van der Waals surface area contributed by atoms with Crippen LogP contribution < -0.4 is 15.3 Å². The molecular weight excluding hydrogens is 868 g/mol. The van der Waals surface area contributed by atoms with Crippen molar-refractivity contribution >= 4 is 53.2 Å². The second-order valence-electron chi connectivity index (χ2n) is 17.1. The van der Waals surface area contributed by atoms with Crippen LogP contribution in [0.3, 0.4) is 0 Å². The van der Waals surface area contributed by atoms with Gasteiger partial charge in [-0.2, -0.15) is 0 Å². The molecule has 0 amide bonds. The Kier molecular flexibility index (Phi) is 63.4. The number of rotatable bonds is 45. The molecule has 0 heterocycles. The van der Waals surface area contributed by atoms with E-state index in [-0.39, 0.29) is 55.9 Å². The number of esters is 3. The Morgan fingerprint density at radius 3 is 0.657 bits per heavy atom.